The van der Waals surface area contributed by atoms with E-state index in [4.69, 9.17) is 0 Å². The van der Waals surface area contributed by atoms with E-state index >= 15 is 0 Å². The third-order valence-corrected chi connectivity index (χ3v) is 4.70. The molecular weight excluding hydrogens is 281 g/mol. The first-order chi connectivity index (χ1) is 9.78. The van der Waals surface area contributed by atoms with Gasteiger partial charge in [0.05, 0.1) is 6.04 Å². The minimum atomic E-state index is -4.35. The third-order valence-electron chi connectivity index (χ3n) is 4.70. The lowest BCUT2D eigenvalue weighted by Gasteiger charge is -2.42. The molecule has 3 atom stereocenters. The van der Waals surface area contributed by atoms with Gasteiger partial charge in [0.15, 0.2) is 0 Å². The van der Waals surface area contributed by atoms with Gasteiger partial charge in [0.1, 0.15) is 6.54 Å². The van der Waals surface area contributed by atoms with Gasteiger partial charge >= 0.3 is 6.18 Å². The van der Waals surface area contributed by atoms with Crippen molar-refractivity contribution >= 4 is 5.91 Å². The van der Waals surface area contributed by atoms with Gasteiger partial charge in [0.25, 0.3) is 0 Å². The third kappa shape index (κ3) is 4.34. The van der Waals surface area contributed by atoms with Gasteiger partial charge in [-0.2, -0.15) is 13.2 Å². The van der Waals surface area contributed by atoms with Crippen molar-refractivity contribution in [3.8, 4) is 0 Å². The highest BCUT2D eigenvalue weighted by atomic mass is 19.4. The Morgan fingerprint density at radius 2 is 1.86 bits per heavy atom. The number of fused-ring (bicyclic) bond motifs is 1. The van der Waals surface area contributed by atoms with Crippen molar-refractivity contribution in [3.63, 3.8) is 0 Å². The zero-order chi connectivity index (χ0) is 15.6. The van der Waals surface area contributed by atoms with Crippen LogP contribution in [-0.2, 0) is 4.79 Å². The van der Waals surface area contributed by atoms with Crippen molar-refractivity contribution in [3.05, 3.63) is 0 Å². The van der Waals surface area contributed by atoms with Crippen LogP contribution >= 0.6 is 0 Å². The smallest absolute Gasteiger partial charge is 0.330 e. The zero-order valence-corrected chi connectivity index (χ0v) is 12.7. The van der Waals surface area contributed by atoms with Crippen LogP contribution in [0, 0.1) is 5.92 Å². The van der Waals surface area contributed by atoms with E-state index in [1.807, 2.05) is 0 Å². The molecule has 0 bridgehead atoms. The van der Waals surface area contributed by atoms with E-state index in [-0.39, 0.29) is 0 Å². The molecule has 1 aliphatic heterocycles. The molecule has 122 valence electrons. The van der Waals surface area contributed by atoms with Crippen LogP contribution in [0.4, 0.5) is 13.2 Å². The normalized spacial score (nSPS) is 30.1. The molecule has 2 aliphatic rings. The molecule has 1 heterocycles. The Hall–Kier alpha value is -0.780. The molecule has 6 heteroatoms. The Morgan fingerprint density at radius 3 is 2.48 bits per heavy atom. The van der Waals surface area contributed by atoms with E-state index < -0.39 is 30.7 Å². The SMILES string of the molecule is CC(C)N(CC(F)(F)F)C(=O)C1CCC2CCCCC2N1. The summed E-state index contributed by atoms with van der Waals surface area (Å²) in [4.78, 5) is 13.4. The first-order valence-corrected chi connectivity index (χ1v) is 7.91. The molecule has 21 heavy (non-hydrogen) atoms. The highest BCUT2D eigenvalue weighted by Gasteiger charge is 2.40. The molecule has 3 unspecified atom stereocenters. The number of rotatable bonds is 3. The number of halogens is 3. The summed E-state index contributed by atoms with van der Waals surface area (Å²) in [7, 11) is 0. The molecule has 1 aliphatic carbocycles. The summed E-state index contributed by atoms with van der Waals surface area (Å²) in [6.07, 6.45) is 1.85. The highest BCUT2D eigenvalue weighted by molar-refractivity contribution is 5.82. The lowest BCUT2D eigenvalue weighted by atomic mass is 9.77. The van der Waals surface area contributed by atoms with Crippen LogP contribution in [0.1, 0.15) is 52.4 Å². The summed E-state index contributed by atoms with van der Waals surface area (Å²) < 4.78 is 37.9. The van der Waals surface area contributed by atoms with Crippen molar-refractivity contribution in [2.75, 3.05) is 6.54 Å². The van der Waals surface area contributed by atoms with Crippen molar-refractivity contribution in [1.29, 1.82) is 0 Å². The quantitative estimate of drug-likeness (QED) is 0.869. The molecule has 0 aromatic rings. The minimum Gasteiger partial charge on any atom is -0.330 e. The second-order valence-electron chi connectivity index (χ2n) is 6.62. The second kappa shape index (κ2) is 6.55. The number of nitrogens with one attached hydrogen (secondary N) is 1. The van der Waals surface area contributed by atoms with Crippen molar-refractivity contribution < 1.29 is 18.0 Å². The fourth-order valence-corrected chi connectivity index (χ4v) is 3.60. The predicted octanol–water partition coefficient (Wildman–Crippen LogP) is 3.10. The number of nitrogens with zero attached hydrogens (tertiary/aromatic N) is 1. The summed E-state index contributed by atoms with van der Waals surface area (Å²) in [5.74, 6) is 0.198. The summed E-state index contributed by atoms with van der Waals surface area (Å²) in [5.41, 5.74) is 0. The van der Waals surface area contributed by atoms with Gasteiger partial charge < -0.3 is 10.2 Å². The van der Waals surface area contributed by atoms with Crippen LogP contribution in [0.15, 0.2) is 0 Å². The predicted molar refractivity (Wildman–Crippen MR) is 74.8 cm³/mol. The molecule has 2 rings (SSSR count). The van der Waals surface area contributed by atoms with Gasteiger partial charge in [-0.05, 0) is 45.4 Å². The summed E-state index contributed by atoms with van der Waals surface area (Å²) in [5, 5.41) is 3.32. The van der Waals surface area contributed by atoms with Crippen molar-refractivity contribution in [2.45, 2.75) is 76.7 Å². The summed E-state index contributed by atoms with van der Waals surface area (Å²) in [6.45, 7) is 2.11. The lowest BCUT2D eigenvalue weighted by molar-refractivity contribution is -0.166. The van der Waals surface area contributed by atoms with E-state index in [0.717, 1.165) is 24.2 Å². The number of amides is 1. The van der Waals surface area contributed by atoms with Gasteiger partial charge in [-0.1, -0.05) is 12.8 Å². The molecule has 0 spiro atoms. The molecule has 0 aromatic carbocycles. The van der Waals surface area contributed by atoms with E-state index in [1.54, 1.807) is 13.8 Å². The van der Waals surface area contributed by atoms with Crippen LogP contribution in [0.25, 0.3) is 0 Å². The lowest BCUT2D eigenvalue weighted by Crippen LogP contribution is -2.57. The Bertz CT molecular complexity index is 370. The van der Waals surface area contributed by atoms with Gasteiger partial charge in [0, 0.05) is 12.1 Å². The highest BCUT2D eigenvalue weighted by Crippen LogP contribution is 2.33. The fourth-order valence-electron chi connectivity index (χ4n) is 3.60. The number of carbonyl (C=O) groups excluding carboxylic acids is 1. The van der Waals surface area contributed by atoms with E-state index in [2.05, 4.69) is 5.32 Å². The number of hydrogen-bond acceptors (Lipinski definition) is 2. The molecule has 1 saturated heterocycles. The minimum absolute atomic E-state index is 0.307. The monoisotopic (exact) mass is 306 g/mol. The number of hydrogen-bond donors (Lipinski definition) is 1. The Balaban J connectivity index is 2.00. The molecule has 2 fully saturated rings. The van der Waals surface area contributed by atoms with Crippen LogP contribution < -0.4 is 5.32 Å². The molecule has 1 N–H and O–H groups in total. The standard InChI is InChI=1S/C15H25F3N2O/c1-10(2)20(9-15(16,17)18)14(21)13-8-7-11-5-3-4-6-12(11)19-13/h10-13,19H,3-9H2,1-2H3. The van der Waals surface area contributed by atoms with Gasteiger partial charge in [0.2, 0.25) is 5.91 Å². The first kappa shape index (κ1) is 16.6. The summed E-state index contributed by atoms with van der Waals surface area (Å²) >= 11 is 0. The number of piperidine rings is 1. The van der Waals surface area contributed by atoms with Crippen LogP contribution in [0.3, 0.4) is 0 Å². The number of alkyl halides is 3. The Kier molecular flexibility index (Phi) is 5.17. The second-order valence-corrected chi connectivity index (χ2v) is 6.62. The van der Waals surface area contributed by atoms with Gasteiger partial charge in [-0.3, -0.25) is 4.79 Å². The molecule has 1 amide bonds. The Morgan fingerprint density at radius 1 is 1.19 bits per heavy atom. The van der Waals surface area contributed by atoms with Gasteiger partial charge in [-0.15, -0.1) is 0 Å². The van der Waals surface area contributed by atoms with Crippen LogP contribution in [0.2, 0.25) is 0 Å². The Labute approximate surface area is 124 Å². The fraction of sp³-hybridized carbons (Fsp3) is 0.933. The molecular formula is C15H25F3N2O. The molecule has 0 aromatic heterocycles. The average molecular weight is 306 g/mol. The van der Waals surface area contributed by atoms with E-state index in [1.165, 1.54) is 12.8 Å². The topological polar surface area (TPSA) is 32.3 Å². The van der Waals surface area contributed by atoms with Gasteiger partial charge in [-0.25, -0.2) is 0 Å². The number of carbonyl (C=O) groups is 1. The molecule has 0 radical (unpaired) electrons. The van der Waals surface area contributed by atoms with Crippen molar-refractivity contribution in [2.24, 2.45) is 5.92 Å². The van der Waals surface area contributed by atoms with Crippen LogP contribution in [0.5, 0.6) is 0 Å². The summed E-state index contributed by atoms with van der Waals surface area (Å²) in [6, 6.07) is -0.583. The maximum Gasteiger partial charge on any atom is 0.406 e. The van der Waals surface area contributed by atoms with E-state index in [0.29, 0.717) is 18.4 Å². The maximum atomic E-state index is 12.6. The van der Waals surface area contributed by atoms with E-state index in [9.17, 15) is 18.0 Å². The first-order valence-electron chi connectivity index (χ1n) is 7.91. The largest absolute Gasteiger partial charge is 0.406 e. The zero-order valence-electron chi connectivity index (χ0n) is 12.7. The maximum absolute atomic E-state index is 12.6. The molecule has 3 nitrogen and oxygen atoms in total. The molecule has 1 saturated carbocycles. The average Bonchev–Trinajstić information content (AvgIpc) is 2.42. The van der Waals surface area contributed by atoms with Crippen molar-refractivity contribution in [1.82, 2.24) is 10.2 Å². The van der Waals surface area contributed by atoms with Crippen LogP contribution in [-0.4, -0.2) is 41.7 Å².